The van der Waals surface area contributed by atoms with Gasteiger partial charge in [0, 0.05) is 31.1 Å². The number of hydrogen-bond acceptors (Lipinski definition) is 3. The van der Waals surface area contributed by atoms with Gasteiger partial charge in [-0.1, -0.05) is 18.6 Å². The van der Waals surface area contributed by atoms with Crippen LogP contribution in [0.5, 0.6) is 0 Å². The van der Waals surface area contributed by atoms with Crippen molar-refractivity contribution >= 4 is 24.2 Å². The minimum absolute atomic E-state index is 0. The SMILES string of the molecule is Cl.NC1CCCC(C(=O)NC2CCN(C(=O)c3ccccc3F)CC2)C1. The number of carbonyl (C=O) groups is 2. The standard InChI is InChI=1S/C19H26FN3O2.ClH/c20-17-7-2-1-6-16(17)19(25)23-10-8-15(9-11-23)22-18(24)13-4-3-5-14(21)12-13;/h1-2,6-7,13-15H,3-5,8-12,21H2,(H,22,24);1H. The quantitative estimate of drug-likeness (QED) is 0.842. The molecule has 1 saturated heterocycles. The van der Waals surface area contributed by atoms with Crippen LogP contribution < -0.4 is 11.1 Å². The molecule has 0 radical (unpaired) electrons. The third-order valence-corrected chi connectivity index (χ3v) is 5.32. The lowest BCUT2D eigenvalue weighted by Crippen LogP contribution is -2.48. The number of halogens is 2. The molecule has 0 bridgehead atoms. The van der Waals surface area contributed by atoms with Crippen molar-refractivity contribution in [1.82, 2.24) is 10.2 Å². The van der Waals surface area contributed by atoms with Crippen molar-refractivity contribution in [3.63, 3.8) is 0 Å². The van der Waals surface area contributed by atoms with Gasteiger partial charge in [0.15, 0.2) is 0 Å². The first kappa shape index (κ1) is 20.6. The highest BCUT2D eigenvalue weighted by Crippen LogP contribution is 2.24. The van der Waals surface area contributed by atoms with Crippen LogP contribution in [0.15, 0.2) is 24.3 Å². The first-order valence-electron chi connectivity index (χ1n) is 9.14. The van der Waals surface area contributed by atoms with Crippen LogP contribution in [-0.4, -0.2) is 41.9 Å². The van der Waals surface area contributed by atoms with Crippen LogP contribution in [0.25, 0.3) is 0 Å². The van der Waals surface area contributed by atoms with E-state index in [2.05, 4.69) is 5.32 Å². The summed E-state index contributed by atoms with van der Waals surface area (Å²) in [7, 11) is 0. The van der Waals surface area contributed by atoms with Crippen LogP contribution >= 0.6 is 12.4 Å². The number of piperidine rings is 1. The molecule has 0 spiro atoms. The van der Waals surface area contributed by atoms with Gasteiger partial charge in [0.1, 0.15) is 5.82 Å². The third-order valence-electron chi connectivity index (χ3n) is 5.32. The molecule has 2 atom stereocenters. The minimum Gasteiger partial charge on any atom is -0.353 e. The minimum atomic E-state index is -0.489. The molecule has 2 fully saturated rings. The van der Waals surface area contributed by atoms with Crippen LogP contribution in [-0.2, 0) is 4.79 Å². The normalized spacial score (nSPS) is 23.8. The first-order chi connectivity index (χ1) is 12.0. The van der Waals surface area contributed by atoms with Gasteiger partial charge in [-0.05, 0) is 44.2 Å². The smallest absolute Gasteiger partial charge is 0.256 e. The first-order valence-corrected chi connectivity index (χ1v) is 9.14. The molecule has 1 heterocycles. The van der Waals surface area contributed by atoms with Crippen molar-refractivity contribution < 1.29 is 14.0 Å². The fourth-order valence-corrected chi connectivity index (χ4v) is 3.82. The molecule has 7 heteroatoms. The summed E-state index contributed by atoms with van der Waals surface area (Å²) >= 11 is 0. The number of likely N-dealkylation sites (tertiary alicyclic amines) is 1. The van der Waals surface area contributed by atoms with E-state index in [9.17, 15) is 14.0 Å². The Morgan fingerprint density at radius 2 is 1.81 bits per heavy atom. The van der Waals surface area contributed by atoms with Gasteiger partial charge in [0.25, 0.3) is 5.91 Å². The largest absolute Gasteiger partial charge is 0.353 e. The second-order valence-electron chi connectivity index (χ2n) is 7.18. The van der Waals surface area contributed by atoms with E-state index in [1.165, 1.54) is 12.1 Å². The van der Waals surface area contributed by atoms with Crippen LogP contribution in [0.4, 0.5) is 4.39 Å². The average molecular weight is 384 g/mol. The summed E-state index contributed by atoms with van der Waals surface area (Å²) in [5.41, 5.74) is 6.07. The van der Waals surface area contributed by atoms with Crippen molar-refractivity contribution in [2.24, 2.45) is 11.7 Å². The second kappa shape index (κ2) is 9.33. The Bertz CT molecular complexity index is 635. The van der Waals surface area contributed by atoms with Gasteiger partial charge in [0.05, 0.1) is 5.56 Å². The highest BCUT2D eigenvalue weighted by Gasteiger charge is 2.29. The molecule has 1 aliphatic heterocycles. The number of rotatable bonds is 3. The van der Waals surface area contributed by atoms with E-state index in [4.69, 9.17) is 5.73 Å². The number of amides is 2. The average Bonchev–Trinajstić information content (AvgIpc) is 2.62. The van der Waals surface area contributed by atoms with Crippen molar-refractivity contribution in [3.8, 4) is 0 Å². The lowest BCUT2D eigenvalue weighted by Gasteiger charge is -2.34. The summed E-state index contributed by atoms with van der Waals surface area (Å²) in [6.45, 7) is 1.06. The Labute approximate surface area is 159 Å². The van der Waals surface area contributed by atoms with E-state index in [1.54, 1.807) is 17.0 Å². The van der Waals surface area contributed by atoms with Gasteiger partial charge in [0.2, 0.25) is 5.91 Å². The summed E-state index contributed by atoms with van der Waals surface area (Å²) < 4.78 is 13.8. The van der Waals surface area contributed by atoms with Crippen LogP contribution in [0.2, 0.25) is 0 Å². The molecule has 144 valence electrons. The zero-order chi connectivity index (χ0) is 17.8. The van der Waals surface area contributed by atoms with Gasteiger partial charge >= 0.3 is 0 Å². The Balaban J connectivity index is 0.00000243. The van der Waals surface area contributed by atoms with Crippen molar-refractivity contribution in [2.45, 2.75) is 50.6 Å². The Morgan fingerprint density at radius 1 is 1.12 bits per heavy atom. The molecule has 2 unspecified atom stereocenters. The second-order valence-corrected chi connectivity index (χ2v) is 7.18. The van der Waals surface area contributed by atoms with E-state index >= 15 is 0 Å². The Kier molecular flexibility index (Phi) is 7.41. The molecule has 2 aliphatic rings. The lowest BCUT2D eigenvalue weighted by molar-refractivity contribution is -0.127. The van der Waals surface area contributed by atoms with Gasteiger partial charge in [-0.25, -0.2) is 4.39 Å². The summed E-state index contributed by atoms with van der Waals surface area (Å²) in [5.74, 6) is -0.659. The molecule has 26 heavy (non-hydrogen) atoms. The van der Waals surface area contributed by atoms with Crippen molar-refractivity contribution in [2.75, 3.05) is 13.1 Å². The number of nitrogens with zero attached hydrogens (tertiary/aromatic N) is 1. The molecule has 3 N–H and O–H groups in total. The maximum absolute atomic E-state index is 13.8. The number of nitrogens with two attached hydrogens (primary N) is 1. The molecule has 2 amide bonds. The summed E-state index contributed by atoms with van der Waals surface area (Å²) in [4.78, 5) is 26.5. The van der Waals surface area contributed by atoms with Gasteiger partial charge < -0.3 is 16.0 Å². The third kappa shape index (κ3) is 4.95. The zero-order valence-corrected chi connectivity index (χ0v) is 15.6. The molecular formula is C19H27ClFN3O2. The molecule has 0 aromatic heterocycles. The zero-order valence-electron chi connectivity index (χ0n) is 14.8. The van der Waals surface area contributed by atoms with E-state index in [0.29, 0.717) is 25.9 Å². The Hall–Kier alpha value is -1.66. The van der Waals surface area contributed by atoms with Crippen LogP contribution in [0.1, 0.15) is 48.9 Å². The summed E-state index contributed by atoms with van der Waals surface area (Å²) in [5, 5.41) is 3.11. The monoisotopic (exact) mass is 383 g/mol. The van der Waals surface area contributed by atoms with Gasteiger partial charge in [-0.2, -0.15) is 0 Å². The number of benzene rings is 1. The molecule has 1 aromatic carbocycles. The predicted octanol–water partition coefficient (Wildman–Crippen LogP) is 2.49. The highest BCUT2D eigenvalue weighted by atomic mass is 35.5. The summed E-state index contributed by atoms with van der Waals surface area (Å²) in [6, 6.07) is 6.26. The maximum Gasteiger partial charge on any atom is 0.256 e. The molecule has 1 aromatic rings. The van der Waals surface area contributed by atoms with E-state index in [1.807, 2.05) is 0 Å². The topological polar surface area (TPSA) is 75.4 Å². The molecule has 5 nitrogen and oxygen atoms in total. The van der Waals surface area contributed by atoms with Crippen molar-refractivity contribution in [3.05, 3.63) is 35.6 Å². The number of carbonyl (C=O) groups excluding carboxylic acids is 2. The summed E-state index contributed by atoms with van der Waals surface area (Å²) in [6.07, 6.45) is 5.07. The maximum atomic E-state index is 13.8. The molecule has 3 rings (SSSR count). The predicted molar refractivity (Wildman–Crippen MR) is 101 cm³/mol. The fraction of sp³-hybridized carbons (Fsp3) is 0.579. The fourth-order valence-electron chi connectivity index (χ4n) is 3.82. The van der Waals surface area contributed by atoms with Gasteiger partial charge in [-0.3, -0.25) is 9.59 Å². The lowest BCUT2D eigenvalue weighted by atomic mass is 9.85. The van der Waals surface area contributed by atoms with E-state index in [-0.39, 0.29) is 47.8 Å². The molecular weight excluding hydrogens is 357 g/mol. The van der Waals surface area contributed by atoms with E-state index < -0.39 is 5.82 Å². The highest BCUT2D eigenvalue weighted by molar-refractivity contribution is 5.94. The molecule has 1 aliphatic carbocycles. The molecule has 1 saturated carbocycles. The Morgan fingerprint density at radius 3 is 2.46 bits per heavy atom. The number of nitrogens with one attached hydrogen (secondary N) is 1. The van der Waals surface area contributed by atoms with Crippen LogP contribution in [0, 0.1) is 11.7 Å². The van der Waals surface area contributed by atoms with Crippen molar-refractivity contribution in [1.29, 1.82) is 0 Å². The van der Waals surface area contributed by atoms with E-state index in [0.717, 1.165) is 25.7 Å². The van der Waals surface area contributed by atoms with Gasteiger partial charge in [-0.15, -0.1) is 12.4 Å². The number of hydrogen-bond donors (Lipinski definition) is 2. The van der Waals surface area contributed by atoms with Crippen LogP contribution in [0.3, 0.4) is 0 Å².